The number of nitrogens with one attached hydrogen (secondary N) is 1. The van der Waals surface area contributed by atoms with Gasteiger partial charge in [-0.3, -0.25) is 9.67 Å². The van der Waals surface area contributed by atoms with Gasteiger partial charge in [0.15, 0.2) is 5.82 Å². The summed E-state index contributed by atoms with van der Waals surface area (Å²) in [6.07, 6.45) is 10.9. The van der Waals surface area contributed by atoms with Gasteiger partial charge < -0.3 is 14.9 Å². The lowest BCUT2D eigenvalue weighted by atomic mass is 9.77. The van der Waals surface area contributed by atoms with E-state index in [1.807, 2.05) is 12.3 Å². The molecule has 34 heavy (non-hydrogen) atoms. The Kier molecular flexibility index (Phi) is 5.40. The van der Waals surface area contributed by atoms with Crippen molar-refractivity contribution in [2.45, 2.75) is 51.2 Å². The summed E-state index contributed by atoms with van der Waals surface area (Å²) in [5.41, 5.74) is 1.93. The van der Waals surface area contributed by atoms with Crippen LogP contribution >= 0.6 is 0 Å². The highest BCUT2D eigenvalue weighted by Gasteiger charge is 2.47. The van der Waals surface area contributed by atoms with E-state index < -0.39 is 11.0 Å². The quantitative estimate of drug-likeness (QED) is 0.407. The van der Waals surface area contributed by atoms with Crippen molar-refractivity contribution < 1.29 is 9.63 Å². The lowest BCUT2D eigenvalue weighted by Crippen LogP contribution is -2.28. The van der Waals surface area contributed by atoms with Crippen molar-refractivity contribution in [2.24, 2.45) is 5.92 Å². The molecule has 1 aliphatic carbocycles. The summed E-state index contributed by atoms with van der Waals surface area (Å²) in [6, 6.07) is 4.02. The van der Waals surface area contributed by atoms with Crippen molar-refractivity contribution in [3.05, 3.63) is 54.5 Å². The molecule has 2 N–H and O–H groups in total. The Morgan fingerprint density at radius 1 is 1.06 bits per heavy atom. The second-order valence-electron chi connectivity index (χ2n) is 9.61. The fourth-order valence-corrected chi connectivity index (χ4v) is 4.16. The van der Waals surface area contributed by atoms with Gasteiger partial charge in [0.25, 0.3) is 5.89 Å². The second-order valence-corrected chi connectivity index (χ2v) is 9.61. The van der Waals surface area contributed by atoms with Crippen LogP contribution in [0.1, 0.15) is 45.0 Å². The normalized spacial score (nSPS) is 15.8. The SMILES string of the molecule is CNc1cnc(-c2ccc([C@](C)(c3noc(-c4cnn(CC(C)(C)O)c4)n3)C3CC3)cn2)cn1. The van der Waals surface area contributed by atoms with Crippen molar-refractivity contribution in [2.75, 3.05) is 12.4 Å². The molecule has 10 nitrogen and oxygen atoms in total. The van der Waals surface area contributed by atoms with Gasteiger partial charge in [0, 0.05) is 19.4 Å². The third kappa shape index (κ3) is 4.28. The van der Waals surface area contributed by atoms with Gasteiger partial charge in [0.05, 0.1) is 47.4 Å². The zero-order valence-corrected chi connectivity index (χ0v) is 19.7. The van der Waals surface area contributed by atoms with Gasteiger partial charge in [0.1, 0.15) is 11.5 Å². The molecule has 1 atom stereocenters. The molecule has 0 aromatic carbocycles. The van der Waals surface area contributed by atoms with E-state index in [9.17, 15) is 5.11 Å². The highest BCUT2D eigenvalue weighted by Crippen LogP contribution is 2.50. The topological polar surface area (TPSA) is 128 Å². The van der Waals surface area contributed by atoms with E-state index in [0.29, 0.717) is 35.7 Å². The van der Waals surface area contributed by atoms with Crippen LogP contribution in [0.25, 0.3) is 22.8 Å². The Morgan fingerprint density at radius 2 is 1.85 bits per heavy atom. The number of rotatable bonds is 8. The Hall–Kier alpha value is -3.66. The maximum absolute atomic E-state index is 10.0. The molecule has 176 valence electrons. The Balaban J connectivity index is 1.42. The van der Waals surface area contributed by atoms with Crippen molar-refractivity contribution >= 4 is 5.82 Å². The molecule has 0 aliphatic heterocycles. The van der Waals surface area contributed by atoms with Gasteiger partial charge in [-0.15, -0.1) is 0 Å². The van der Waals surface area contributed by atoms with E-state index in [2.05, 4.69) is 43.5 Å². The summed E-state index contributed by atoms with van der Waals surface area (Å²) < 4.78 is 7.31. The minimum Gasteiger partial charge on any atom is -0.389 e. The molecule has 1 saturated carbocycles. The van der Waals surface area contributed by atoms with Crippen LogP contribution in [0.5, 0.6) is 0 Å². The van der Waals surface area contributed by atoms with Gasteiger partial charge >= 0.3 is 0 Å². The molecule has 10 heteroatoms. The standard InChI is InChI=1S/C24H28N8O2/c1-23(2,33)14-32-13-15(9-29-32)21-30-22(31-34-21)24(3,16-5-6-16)17-7-8-18(26-10-17)19-11-28-20(25-4)12-27-19/h7-13,16,33H,5-6,14H2,1-4H3,(H,25,28)/t24-/m1/s1. The molecule has 1 fully saturated rings. The molecule has 0 saturated heterocycles. The third-order valence-electron chi connectivity index (χ3n) is 6.25. The average molecular weight is 461 g/mol. The molecule has 0 amide bonds. The minimum atomic E-state index is -0.868. The molecule has 1 aliphatic rings. The number of pyridine rings is 1. The number of hydrogen-bond donors (Lipinski definition) is 2. The summed E-state index contributed by atoms with van der Waals surface area (Å²) >= 11 is 0. The van der Waals surface area contributed by atoms with Crippen LogP contribution in [0, 0.1) is 5.92 Å². The monoisotopic (exact) mass is 460 g/mol. The first-order valence-electron chi connectivity index (χ1n) is 11.3. The molecule has 0 radical (unpaired) electrons. The zero-order valence-electron chi connectivity index (χ0n) is 19.7. The smallest absolute Gasteiger partial charge is 0.261 e. The highest BCUT2D eigenvalue weighted by molar-refractivity contribution is 5.55. The van der Waals surface area contributed by atoms with Crippen molar-refractivity contribution in [3.63, 3.8) is 0 Å². The lowest BCUT2D eigenvalue weighted by molar-refractivity contribution is 0.0577. The second kappa shape index (κ2) is 8.28. The fourth-order valence-electron chi connectivity index (χ4n) is 4.16. The third-order valence-corrected chi connectivity index (χ3v) is 6.25. The van der Waals surface area contributed by atoms with Crippen LogP contribution in [-0.4, -0.2) is 52.6 Å². The largest absolute Gasteiger partial charge is 0.389 e. The van der Waals surface area contributed by atoms with Gasteiger partial charge in [0.2, 0.25) is 0 Å². The lowest BCUT2D eigenvalue weighted by Gasteiger charge is -2.26. The molecule has 0 spiro atoms. The predicted molar refractivity (Wildman–Crippen MR) is 126 cm³/mol. The van der Waals surface area contributed by atoms with Gasteiger partial charge in [-0.2, -0.15) is 10.1 Å². The number of aliphatic hydroxyl groups is 1. The first kappa shape index (κ1) is 22.1. The molecule has 4 heterocycles. The van der Waals surface area contributed by atoms with Crippen molar-refractivity contribution in [3.8, 4) is 22.8 Å². The molecule has 5 rings (SSSR count). The van der Waals surface area contributed by atoms with Gasteiger partial charge in [-0.1, -0.05) is 11.2 Å². The zero-order chi connectivity index (χ0) is 23.9. The first-order chi connectivity index (χ1) is 16.3. The number of aromatic nitrogens is 7. The van der Waals surface area contributed by atoms with Crippen LogP contribution in [0.2, 0.25) is 0 Å². The maximum Gasteiger partial charge on any atom is 0.261 e. The average Bonchev–Trinajstić information content (AvgIpc) is 3.39. The first-order valence-corrected chi connectivity index (χ1v) is 11.3. The molecule has 0 unspecified atom stereocenters. The van der Waals surface area contributed by atoms with E-state index >= 15 is 0 Å². The predicted octanol–water partition coefficient (Wildman–Crippen LogP) is 3.31. The molecular weight excluding hydrogens is 432 g/mol. The Labute approximate surface area is 197 Å². The highest BCUT2D eigenvalue weighted by atomic mass is 16.5. The van der Waals surface area contributed by atoms with Crippen LogP contribution in [0.4, 0.5) is 5.82 Å². The molecular formula is C24H28N8O2. The van der Waals surface area contributed by atoms with E-state index in [1.54, 1.807) is 50.4 Å². The summed E-state index contributed by atoms with van der Waals surface area (Å²) in [7, 11) is 1.81. The van der Waals surface area contributed by atoms with Crippen LogP contribution in [0.3, 0.4) is 0 Å². The van der Waals surface area contributed by atoms with Crippen molar-refractivity contribution in [1.29, 1.82) is 0 Å². The van der Waals surface area contributed by atoms with E-state index in [-0.39, 0.29) is 0 Å². The van der Waals surface area contributed by atoms with Crippen LogP contribution in [0.15, 0.2) is 47.6 Å². The number of anilines is 1. The molecule has 4 aromatic heterocycles. The van der Waals surface area contributed by atoms with Crippen LogP contribution < -0.4 is 5.32 Å². The number of nitrogens with zero attached hydrogens (tertiary/aromatic N) is 7. The molecule has 0 bridgehead atoms. The summed E-state index contributed by atoms with van der Waals surface area (Å²) in [4.78, 5) is 18.2. The maximum atomic E-state index is 10.0. The van der Waals surface area contributed by atoms with E-state index in [1.165, 1.54) is 0 Å². The Bertz CT molecular complexity index is 1270. The Morgan fingerprint density at radius 3 is 2.47 bits per heavy atom. The van der Waals surface area contributed by atoms with Crippen LogP contribution in [-0.2, 0) is 12.0 Å². The fraction of sp³-hybridized carbons (Fsp3) is 0.417. The number of hydrogen-bond acceptors (Lipinski definition) is 9. The van der Waals surface area contributed by atoms with Gasteiger partial charge in [-0.05, 0) is 51.2 Å². The minimum absolute atomic E-state index is 0.369. The van der Waals surface area contributed by atoms with E-state index in [0.717, 1.165) is 29.7 Å². The van der Waals surface area contributed by atoms with Crippen molar-refractivity contribution in [1.82, 2.24) is 34.9 Å². The van der Waals surface area contributed by atoms with Gasteiger partial charge in [-0.25, -0.2) is 9.97 Å². The summed E-state index contributed by atoms with van der Waals surface area (Å²) in [6.45, 7) is 6.00. The van der Waals surface area contributed by atoms with E-state index in [4.69, 9.17) is 9.51 Å². The summed E-state index contributed by atoms with van der Waals surface area (Å²) in [5, 5.41) is 21.7. The molecule has 4 aromatic rings. The summed E-state index contributed by atoms with van der Waals surface area (Å²) in [5.74, 6) is 2.17.